The highest BCUT2D eigenvalue weighted by Gasteiger charge is 2.34. The molecule has 2 heteroatoms. The number of nitrogens with two attached hydrogens (primary N) is 1. The predicted octanol–water partition coefficient (Wildman–Crippen LogP) is 3.12. The summed E-state index contributed by atoms with van der Waals surface area (Å²) in [5, 5.41) is 0. The van der Waals surface area contributed by atoms with Gasteiger partial charge in [-0.15, -0.1) is 0 Å². The van der Waals surface area contributed by atoms with Crippen molar-refractivity contribution in [3.63, 3.8) is 0 Å². The molecule has 0 amide bonds. The minimum atomic E-state index is 0.481. The topological polar surface area (TPSA) is 29.3 Å². The van der Waals surface area contributed by atoms with E-state index in [9.17, 15) is 0 Å². The Morgan fingerprint density at radius 3 is 2.28 bits per heavy atom. The smallest absolute Gasteiger partial charge is 0.00153 e. The van der Waals surface area contributed by atoms with Crippen LogP contribution < -0.4 is 5.73 Å². The number of hydrogen-bond acceptors (Lipinski definition) is 2. The molecule has 0 aromatic heterocycles. The van der Waals surface area contributed by atoms with E-state index in [4.69, 9.17) is 5.73 Å². The van der Waals surface area contributed by atoms with Gasteiger partial charge in [-0.05, 0) is 55.5 Å². The molecule has 2 rings (SSSR count). The Morgan fingerprint density at radius 1 is 1.06 bits per heavy atom. The summed E-state index contributed by atoms with van der Waals surface area (Å²) < 4.78 is 0. The van der Waals surface area contributed by atoms with Gasteiger partial charge < -0.3 is 10.6 Å². The van der Waals surface area contributed by atoms with E-state index in [0.29, 0.717) is 5.41 Å². The van der Waals surface area contributed by atoms with Gasteiger partial charge in [0.15, 0.2) is 0 Å². The predicted molar refractivity (Wildman–Crippen MR) is 78.5 cm³/mol. The lowest BCUT2D eigenvalue weighted by atomic mass is 9.78. The van der Waals surface area contributed by atoms with Crippen molar-refractivity contribution in [2.45, 2.75) is 52.9 Å². The largest absolute Gasteiger partial charge is 0.330 e. The van der Waals surface area contributed by atoms with Gasteiger partial charge in [0.1, 0.15) is 0 Å². The number of rotatable bonds is 3. The van der Waals surface area contributed by atoms with Gasteiger partial charge in [0.2, 0.25) is 0 Å². The van der Waals surface area contributed by atoms with E-state index in [1.165, 1.54) is 51.7 Å². The van der Waals surface area contributed by atoms with Crippen LogP contribution in [0.5, 0.6) is 0 Å². The van der Waals surface area contributed by atoms with Crippen molar-refractivity contribution in [2.24, 2.45) is 28.9 Å². The van der Waals surface area contributed by atoms with Crippen LogP contribution in [0.2, 0.25) is 0 Å². The third-order valence-electron chi connectivity index (χ3n) is 5.36. The second kappa shape index (κ2) is 5.92. The van der Waals surface area contributed by atoms with E-state index in [0.717, 1.165) is 24.3 Å². The molecular weight excluding hydrogens is 220 g/mol. The molecule has 3 unspecified atom stereocenters. The molecule has 0 bridgehead atoms. The van der Waals surface area contributed by atoms with Gasteiger partial charge in [-0.2, -0.15) is 0 Å². The Bertz CT molecular complexity index is 256. The van der Waals surface area contributed by atoms with Gasteiger partial charge >= 0.3 is 0 Å². The fourth-order valence-corrected chi connectivity index (χ4v) is 3.87. The van der Waals surface area contributed by atoms with Crippen LogP contribution in [-0.4, -0.2) is 31.1 Å². The highest BCUT2D eigenvalue weighted by atomic mass is 15.1. The van der Waals surface area contributed by atoms with Gasteiger partial charge in [0, 0.05) is 13.1 Å². The van der Waals surface area contributed by atoms with Gasteiger partial charge in [0.05, 0.1) is 0 Å². The maximum atomic E-state index is 5.95. The van der Waals surface area contributed by atoms with Gasteiger partial charge in [-0.1, -0.05) is 33.6 Å². The first-order chi connectivity index (χ1) is 8.50. The summed E-state index contributed by atoms with van der Waals surface area (Å²) in [6.45, 7) is 12.0. The van der Waals surface area contributed by atoms with Crippen LogP contribution in [0.3, 0.4) is 0 Å². The second-order valence-corrected chi connectivity index (χ2v) is 7.65. The first-order valence-corrected chi connectivity index (χ1v) is 7.93. The first-order valence-electron chi connectivity index (χ1n) is 7.93. The van der Waals surface area contributed by atoms with Crippen molar-refractivity contribution in [1.29, 1.82) is 0 Å². The maximum absolute atomic E-state index is 5.95. The van der Waals surface area contributed by atoms with Crippen LogP contribution in [0.25, 0.3) is 0 Å². The molecule has 2 N–H and O–H groups in total. The van der Waals surface area contributed by atoms with Crippen LogP contribution in [0.4, 0.5) is 0 Å². The zero-order valence-electron chi connectivity index (χ0n) is 12.6. The normalized spacial score (nSPS) is 35.0. The molecule has 0 spiro atoms. The van der Waals surface area contributed by atoms with Crippen LogP contribution in [0, 0.1) is 23.2 Å². The summed E-state index contributed by atoms with van der Waals surface area (Å²) in [5.74, 6) is 2.56. The molecule has 1 saturated carbocycles. The number of hydrogen-bond donors (Lipinski definition) is 1. The average Bonchev–Trinajstić information content (AvgIpc) is 2.78. The molecule has 0 aromatic rings. The Labute approximate surface area is 113 Å². The van der Waals surface area contributed by atoms with E-state index in [2.05, 4.69) is 25.7 Å². The lowest BCUT2D eigenvalue weighted by molar-refractivity contribution is 0.159. The van der Waals surface area contributed by atoms with Gasteiger partial charge in [-0.25, -0.2) is 0 Å². The van der Waals surface area contributed by atoms with Crippen LogP contribution in [0.1, 0.15) is 52.9 Å². The van der Waals surface area contributed by atoms with Crippen LogP contribution in [-0.2, 0) is 0 Å². The molecule has 1 heterocycles. The summed E-state index contributed by atoms with van der Waals surface area (Å²) in [6, 6.07) is 0. The first kappa shape index (κ1) is 14.3. The van der Waals surface area contributed by atoms with Crippen molar-refractivity contribution in [3.8, 4) is 0 Å². The molecule has 1 aliphatic carbocycles. The SMILES string of the molecule is CC(C)(C)C1CCN(CC2CCCCC2CN)C1. The molecule has 2 aliphatic rings. The van der Waals surface area contributed by atoms with Crippen molar-refractivity contribution in [3.05, 3.63) is 0 Å². The van der Waals surface area contributed by atoms with E-state index >= 15 is 0 Å². The fourth-order valence-electron chi connectivity index (χ4n) is 3.87. The average molecular weight is 252 g/mol. The Morgan fingerprint density at radius 2 is 1.72 bits per heavy atom. The molecule has 2 fully saturated rings. The number of nitrogens with zero attached hydrogens (tertiary/aromatic N) is 1. The minimum absolute atomic E-state index is 0.481. The fraction of sp³-hybridized carbons (Fsp3) is 1.00. The minimum Gasteiger partial charge on any atom is -0.330 e. The Hall–Kier alpha value is -0.0800. The summed E-state index contributed by atoms with van der Waals surface area (Å²) >= 11 is 0. The summed E-state index contributed by atoms with van der Waals surface area (Å²) in [6.07, 6.45) is 7.01. The van der Waals surface area contributed by atoms with Crippen molar-refractivity contribution in [1.82, 2.24) is 4.90 Å². The van der Waals surface area contributed by atoms with Crippen molar-refractivity contribution < 1.29 is 0 Å². The Balaban J connectivity index is 1.83. The summed E-state index contributed by atoms with van der Waals surface area (Å²) in [7, 11) is 0. The number of likely N-dealkylation sites (tertiary alicyclic amines) is 1. The van der Waals surface area contributed by atoms with Crippen molar-refractivity contribution >= 4 is 0 Å². The van der Waals surface area contributed by atoms with E-state index in [1.54, 1.807) is 0 Å². The quantitative estimate of drug-likeness (QED) is 0.836. The lowest BCUT2D eigenvalue weighted by Gasteiger charge is -2.34. The standard InChI is InChI=1S/C16H32N2/c1-16(2,3)15-8-9-18(12-15)11-14-7-5-4-6-13(14)10-17/h13-15H,4-12,17H2,1-3H3. The molecular formula is C16H32N2. The third-order valence-corrected chi connectivity index (χ3v) is 5.36. The molecule has 0 radical (unpaired) electrons. The van der Waals surface area contributed by atoms with E-state index in [1.807, 2.05) is 0 Å². The molecule has 18 heavy (non-hydrogen) atoms. The van der Waals surface area contributed by atoms with E-state index in [-0.39, 0.29) is 0 Å². The molecule has 2 nitrogen and oxygen atoms in total. The summed E-state index contributed by atoms with van der Waals surface area (Å²) in [4.78, 5) is 2.72. The molecule has 3 atom stereocenters. The zero-order valence-corrected chi connectivity index (χ0v) is 12.6. The maximum Gasteiger partial charge on any atom is 0.00153 e. The van der Waals surface area contributed by atoms with E-state index < -0.39 is 0 Å². The zero-order chi connectivity index (χ0) is 13.2. The molecule has 1 saturated heterocycles. The molecule has 106 valence electrons. The van der Waals surface area contributed by atoms with Gasteiger partial charge in [-0.3, -0.25) is 0 Å². The molecule has 1 aliphatic heterocycles. The van der Waals surface area contributed by atoms with Crippen molar-refractivity contribution in [2.75, 3.05) is 26.2 Å². The highest BCUT2D eigenvalue weighted by Crippen LogP contribution is 2.36. The monoisotopic (exact) mass is 252 g/mol. The van der Waals surface area contributed by atoms with Gasteiger partial charge in [0.25, 0.3) is 0 Å². The Kier molecular flexibility index (Phi) is 4.71. The van der Waals surface area contributed by atoms with Crippen LogP contribution in [0.15, 0.2) is 0 Å². The second-order valence-electron chi connectivity index (χ2n) is 7.65. The summed E-state index contributed by atoms with van der Waals surface area (Å²) in [5.41, 5.74) is 6.43. The third kappa shape index (κ3) is 3.48. The highest BCUT2D eigenvalue weighted by molar-refractivity contribution is 4.86. The van der Waals surface area contributed by atoms with Crippen LogP contribution >= 0.6 is 0 Å². The lowest BCUT2D eigenvalue weighted by Crippen LogP contribution is -2.36. The molecule has 0 aromatic carbocycles.